The molecule has 2 aromatic rings. The second-order valence-electron chi connectivity index (χ2n) is 5.92. The van der Waals surface area contributed by atoms with Crippen LogP contribution >= 0.6 is 11.6 Å². The number of hydrogen-bond acceptors (Lipinski definition) is 3. The lowest BCUT2D eigenvalue weighted by atomic mass is 9.71. The maximum atomic E-state index is 13.5. The predicted octanol–water partition coefficient (Wildman–Crippen LogP) is 4.03. The van der Waals surface area contributed by atoms with Crippen LogP contribution in [0.25, 0.3) is 11.1 Å². The highest BCUT2D eigenvalue weighted by atomic mass is 35.5. The Morgan fingerprint density at radius 1 is 1.45 bits per heavy atom. The molecule has 5 heteroatoms. The number of hydrogen-bond donors (Lipinski definition) is 1. The van der Waals surface area contributed by atoms with Crippen molar-refractivity contribution in [2.24, 2.45) is 11.7 Å². The van der Waals surface area contributed by atoms with Crippen LogP contribution in [0, 0.1) is 11.7 Å². The summed E-state index contributed by atoms with van der Waals surface area (Å²) in [5.41, 5.74) is 6.82. The van der Waals surface area contributed by atoms with Crippen LogP contribution in [-0.4, -0.2) is 11.5 Å². The van der Waals surface area contributed by atoms with Gasteiger partial charge in [0.25, 0.3) is 0 Å². The first kappa shape index (κ1) is 13.8. The fraction of sp³-hybridized carbons (Fsp3) is 0.533. The van der Waals surface area contributed by atoms with Gasteiger partial charge in [0, 0.05) is 12.6 Å². The highest BCUT2D eigenvalue weighted by Gasteiger charge is 2.39. The van der Waals surface area contributed by atoms with Gasteiger partial charge in [-0.15, -0.1) is 0 Å². The minimum absolute atomic E-state index is 0.0661. The molecule has 0 radical (unpaired) electrons. The molecule has 1 aliphatic carbocycles. The normalized spacial score (nSPS) is 27.1. The van der Waals surface area contributed by atoms with Crippen LogP contribution in [0.2, 0.25) is 5.02 Å². The molecule has 0 unspecified atom stereocenters. The van der Waals surface area contributed by atoms with Crippen LogP contribution in [0.1, 0.15) is 38.5 Å². The van der Waals surface area contributed by atoms with E-state index in [2.05, 4.69) is 11.9 Å². The van der Waals surface area contributed by atoms with E-state index in [1.807, 2.05) is 0 Å². The molecule has 1 saturated carbocycles. The van der Waals surface area contributed by atoms with Crippen molar-refractivity contribution in [2.45, 2.75) is 38.0 Å². The lowest BCUT2D eigenvalue weighted by Crippen LogP contribution is -2.38. The number of fused-ring (bicyclic) bond motifs is 1. The van der Waals surface area contributed by atoms with Crippen molar-refractivity contribution in [1.82, 2.24) is 4.98 Å². The zero-order valence-corrected chi connectivity index (χ0v) is 12.2. The van der Waals surface area contributed by atoms with Gasteiger partial charge in [-0.25, -0.2) is 9.37 Å². The summed E-state index contributed by atoms with van der Waals surface area (Å²) in [5.74, 6) is 0.857. The van der Waals surface area contributed by atoms with Crippen LogP contribution in [0.5, 0.6) is 0 Å². The maximum Gasteiger partial charge on any atom is 0.202 e. The molecule has 1 aromatic heterocycles. The van der Waals surface area contributed by atoms with E-state index in [4.69, 9.17) is 21.8 Å². The third-order valence-corrected chi connectivity index (χ3v) is 4.80. The molecular weight excluding hydrogens is 279 g/mol. The van der Waals surface area contributed by atoms with Crippen molar-refractivity contribution >= 4 is 22.7 Å². The zero-order chi connectivity index (χ0) is 14.3. The summed E-state index contributed by atoms with van der Waals surface area (Å²) in [6.07, 6.45) is 4.16. The summed E-state index contributed by atoms with van der Waals surface area (Å²) >= 11 is 5.79. The van der Waals surface area contributed by atoms with Gasteiger partial charge in [-0.05, 0) is 37.7 Å². The Morgan fingerprint density at radius 3 is 2.80 bits per heavy atom. The summed E-state index contributed by atoms with van der Waals surface area (Å²) in [6.45, 7) is 2.75. The summed E-state index contributed by atoms with van der Waals surface area (Å²) in [7, 11) is 0. The van der Waals surface area contributed by atoms with Gasteiger partial charge in [0.2, 0.25) is 5.89 Å². The molecule has 0 atom stereocenters. The van der Waals surface area contributed by atoms with Crippen molar-refractivity contribution in [3.05, 3.63) is 28.9 Å². The third-order valence-electron chi connectivity index (χ3n) is 4.51. The number of nitrogens with two attached hydrogens (primary N) is 1. The van der Waals surface area contributed by atoms with E-state index in [-0.39, 0.29) is 10.4 Å². The van der Waals surface area contributed by atoms with E-state index in [1.165, 1.54) is 12.1 Å². The van der Waals surface area contributed by atoms with Crippen LogP contribution in [0.15, 0.2) is 16.5 Å². The second kappa shape index (κ2) is 5.01. The van der Waals surface area contributed by atoms with Gasteiger partial charge in [-0.2, -0.15) is 0 Å². The summed E-state index contributed by atoms with van der Waals surface area (Å²) < 4.78 is 19.3. The molecule has 0 aliphatic heterocycles. The monoisotopic (exact) mass is 296 g/mol. The minimum Gasteiger partial charge on any atom is -0.440 e. The number of halogens is 2. The molecule has 3 rings (SSSR count). The van der Waals surface area contributed by atoms with Crippen molar-refractivity contribution in [2.75, 3.05) is 6.54 Å². The molecule has 3 nitrogen and oxygen atoms in total. The fourth-order valence-electron chi connectivity index (χ4n) is 2.97. The maximum absolute atomic E-state index is 13.5. The Bertz CT molecular complexity index is 593. The second-order valence-corrected chi connectivity index (χ2v) is 6.33. The molecule has 1 fully saturated rings. The van der Waals surface area contributed by atoms with Crippen molar-refractivity contribution < 1.29 is 8.81 Å². The predicted molar refractivity (Wildman–Crippen MR) is 77.3 cm³/mol. The van der Waals surface area contributed by atoms with Crippen molar-refractivity contribution in [3.63, 3.8) is 0 Å². The number of aromatic nitrogens is 1. The van der Waals surface area contributed by atoms with Crippen molar-refractivity contribution in [3.8, 4) is 0 Å². The number of nitrogens with zero attached hydrogens (tertiary/aromatic N) is 1. The van der Waals surface area contributed by atoms with Crippen LogP contribution in [0.4, 0.5) is 4.39 Å². The first-order valence-corrected chi connectivity index (χ1v) is 7.38. The Morgan fingerprint density at radius 2 is 2.15 bits per heavy atom. The topological polar surface area (TPSA) is 52.0 Å². The smallest absolute Gasteiger partial charge is 0.202 e. The first-order valence-electron chi connectivity index (χ1n) is 7.00. The van der Waals surface area contributed by atoms with Crippen LogP contribution in [-0.2, 0) is 5.41 Å². The van der Waals surface area contributed by atoms with Crippen LogP contribution < -0.4 is 5.73 Å². The molecule has 0 amide bonds. The lowest BCUT2D eigenvalue weighted by Gasteiger charge is -2.35. The van der Waals surface area contributed by atoms with Gasteiger partial charge < -0.3 is 10.2 Å². The van der Waals surface area contributed by atoms with Gasteiger partial charge in [0.05, 0.1) is 10.4 Å². The highest BCUT2D eigenvalue weighted by molar-refractivity contribution is 6.31. The fourth-order valence-corrected chi connectivity index (χ4v) is 3.13. The van der Waals surface area contributed by atoms with E-state index in [0.717, 1.165) is 25.7 Å². The molecule has 1 aromatic carbocycles. The van der Waals surface area contributed by atoms with E-state index >= 15 is 0 Å². The quantitative estimate of drug-likeness (QED) is 0.910. The van der Waals surface area contributed by atoms with Crippen LogP contribution in [0.3, 0.4) is 0 Å². The Balaban J connectivity index is 2.04. The molecule has 1 aliphatic rings. The molecule has 20 heavy (non-hydrogen) atoms. The summed E-state index contributed by atoms with van der Waals surface area (Å²) in [4.78, 5) is 4.51. The molecule has 1 heterocycles. The zero-order valence-electron chi connectivity index (χ0n) is 11.5. The molecular formula is C15H18ClFN2O. The van der Waals surface area contributed by atoms with Gasteiger partial charge >= 0.3 is 0 Å². The number of rotatable bonds is 2. The Labute approximate surface area is 122 Å². The Kier molecular flexibility index (Phi) is 3.46. The number of benzene rings is 1. The lowest BCUT2D eigenvalue weighted by molar-refractivity contribution is 0.210. The SMILES string of the molecule is CC1CCC(CN)(c2nc3cc(Cl)c(F)cc3o2)CC1. The average molecular weight is 297 g/mol. The molecule has 0 saturated heterocycles. The van der Waals surface area contributed by atoms with Gasteiger partial charge in [0.15, 0.2) is 5.58 Å². The summed E-state index contributed by atoms with van der Waals surface area (Å²) in [5, 5.41) is 0.0661. The molecule has 108 valence electrons. The highest BCUT2D eigenvalue weighted by Crippen LogP contribution is 2.41. The van der Waals surface area contributed by atoms with E-state index in [9.17, 15) is 4.39 Å². The average Bonchev–Trinajstić information content (AvgIpc) is 2.84. The van der Waals surface area contributed by atoms with Crippen molar-refractivity contribution in [1.29, 1.82) is 0 Å². The Hall–Kier alpha value is -1.13. The third kappa shape index (κ3) is 2.21. The first-order chi connectivity index (χ1) is 9.54. The van der Waals surface area contributed by atoms with E-state index in [0.29, 0.717) is 29.5 Å². The van der Waals surface area contributed by atoms with E-state index < -0.39 is 5.82 Å². The number of oxazole rings is 1. The molecule has 0 bridgehead atoms. The van der Waals surface area contributed by atoms with E-state index in [1.54, 1.807) is 0 Å². The standard InChI is InChI=1S/C15H18ClFN2O/c1-9-2-4-15(8-18,5-3-9)14-19-12-6-10(16)11(17)7-13(12)20-14/h6-7,9H,2-5,8,18H2,1H3. The van der Waals surface area contributed by atoms with Gasteiger partial charge in [-0.1, -0.05) is 18.5 Å². The minimum atomic E-state index is -0.485. The van der Waals surface area contributed by atoms with Gasteiger partial charge in [-0.3, -0.25) is 0 Å². The molecule has 0 spiro atoms. The molecule has 2 N–H and O–H groups in total. The van der Waals surface area contributed by atoms with Gasteiger partial charge in [0.1, 0.15) is 11.3 Å². The summed E-state index contributed by atoms with van der Waals surface area (Å²) in [6, 6.07) is 2.80. The largest absolute Gasteiger partial charge is 0.440 e.